The molecule has 126 valence electrons. The van der Waals surface area contributed by atoms with Crippen LogP contribution in [-0.2, 0) is 13.0 Å². The quantitative estimate of drug-likeness (QED) is 0.600. The number of hydrogen-bond donors (Lipinski definition) is 2. The first-order valence-corrected chi connectivity index (χ1v) is 8.21. The average molecular weight is 334 g/mol. The Morgan fingerprint density at radius 1 is 1.28 bits per heavy atom. The minimum absolute atomic E-state index is 0.148. The zero-order chi connectivity index (χ0) is 17.4. The van der Waals surface area contributed by atoms with Crippen LogP contribution in [0.2, 0.25) is 0 Å². The smallest absolute Gasteiger partial charge is 0.251 e. The van der Waals surface area contributed by atoms with E-state index in [1.165, 1.54) is 21.2 Å². The van der Waals surface area contributed by atoms with Crippen molar-refractivity contribution in [1.82, 2.24) is 30.3 Å². The number of rotatable bonds is 4. The Balaban J connectivity index is 1.52. The number of hydrogen-bond acceptors (Lipinski definition) is 4. The van der Waals surface area contributed by atoms with Gasteiger partial charge in [0.25, 0.3) is 5.91 Å². The number of nitrogens with one attached hydrogen (secondary N) is 2. The van der Waals surface area contributed by atoms with Gasteiger partial charge in [0, 0.05) is 34.9 Å². The number of fused-ring (bicyclic) bond motifs is 2. The number of carbonyl (C=O) groups excluding carboxylic acids is 1. The minimum Gasteiger partial charge on any atom is -0.358 e. The maximum Gasteiger partial charge on any atom is 0.251 e. The largest absolute Gasteiger partial charge is 0.358 e. The first-order chi connectivity index (χ1) is 12.2. The van der Waals surface area contributed by atoms with Gasteiger partial charge in [-0.1, -0.05) is 13.0 Å². The number of aryl methyl sites for hydroxylation is 2. The van der Waals surface area contributed by atoms with E-state index >= 15 is 0 Å². The van der Waals surface area contributed by atoms with Crippen LogP contribution in [0.1, 0.15) is 34.1 Å². The normalized spacial score (nSPS) is 11.3. The number of aromatic nitrogens is 5. The van der Waals surface area contributed by atoms with Gasteiger partial charge < -0.3 is 10.3 Å². The Kier molecular flexibility index (Phi) is 3.68. The molecule has 0 atom stereocenters. The van der Waals surface area contributed by atoms with E-state index in [0.29, 0.717) is 17.8 Å². The van der Waals surface area contributed by atoms with Crippen LogP contribution in [-0.4, -0.2) is 30.9 Å². The molecule has 1 aromatic carbocycles. The third-order valence-corrected chi connectivity index (χ3v) is 4.49. The van der Waals surface area contributed by atoms with Gasteiger partial charge in [0.05, 0.1) is 0 Å². The number of amides is 1. The third-order valence-electron chi connectivity index (χ3n) is 4.49. The Labute approximate surface area is 144 Å². The number of tetrazole rings is 1. The van der Waals surface area contributed by atoms with E-state index < -0.39 is 0 Å². The Bertz CT molecular complexity index is 1080. The SMILES string of the molecule is CCc1[nH]c2ccc(CNC(=O)c3ccn4nnnc4c3)cc2c1C. The first kappa shape index (κ1) is 15.3. The second kappa shape index (κ2) is 6.01. The summed E-state index contributed by atoms with van der Waals surface area (Å²) in [4.78, 5) is 15.8. The van der Waals surface area contributed by atoms with Crippen molar-refractivity contribution in [3.05, 3.63) is 58.9 Å². The second-order valence-electron chi connectivity index (χ2n) is 6.04. The third kappa shape index (κ3) is 2.73. The number of carbonyl (C=O) groups is 1. The molecule has 4 rings (SSSR count). The highest BCUT2D eigenvalue weighted by Crippen LogP contribution is 2.23. The number of nitrogens with zero attached hydrogens (tertiary/aromatic N) is 4. The lowest BCUT2D eigenvalue weighted by atomic mass is 10.1. The van der Waals surface area contributed by atoms with Gasteiger partial charge >= 0.3 is 0 Å². The summed E-state index contributed by atoms with van der Waals surface area (Å²) >= 11 is 0. The van der Waals surface area contributed by atoms with Crippen LogP contribution in [0.15, 0.2) is 36.5 Å². The van der Waals surface area contributed by atoms with E-state index in [0.717, 1.165) is 17.5 Å². The van der Waals surface area contributed by atoms with Crippen molar-refractivity contribution in [3.8, 4) is 0 Å². The van der Waals surface area contributed by atoms with Crippen molar-refractivity contribution in [2.45, 2.75) is 26.8 Å². The molecule has 0 spiro atoms. The molecule has 0 radical (unpaired) electrons. The van der Waals surface area contributed by atoms with Gasteiger partial charge in [-0.05, 0) is 59.2 Å². The van der Waals surface area contributed by atoms with E-state index in [4.69, 9.17) is 0 Å². The van der Waals surface area contributed by atoms with E-state index in [2.05, 4.69) is 51.8 Å². The monoisotopic (exact) mass is 334 g/mol. The summed E-state index contributed by atoms with van der Waals surface area (Å²) in [5.74, 6) is -0.148. The molecule has 0 aliphatic rings. The van der Waals surface area contributed by atoms with Crippen molar-refractivity contribution in [1.29, 1.82) is 0 Å². The molecular formula is C18H18N6O. The molecule has 0 saturated heterocycles. The van der Waals surface area contributed by atoms with E-state index in [1.807, 2.05) is 6.07 Å². The van der Waals surface area contributed by atoms with Gasteiger partial charge in [-0.15, -0.1) is 5.10 Å². The van der Waals surface area contributed by atoms with E-state index in [-0.39, 0.29) is 5.91 Å². The molecule has 7 heteroatoms. The molecule has 3 aromatic heterocycles. The highest BCUT2D eigenvalue weighted by Gasteiger charge is 2.10. The molecule has 0 bridgehead atoms. The average Bonchev–Trinajstić information content (AvgIpc) is 3.23. The lowest BCUT2D eigenvalue weighted by Gasteiger charge is -2.06. The molecule has 0 aliphatic carbocycles. The highest BCUT2D eigenvalue weighted by atomic mass is 16.1. The van der Waals surface area contributed by atoms with Crippen molar-refractivity contribution >= 4 is 22.5 Å². The molecule has 1 amide bonds. The fourth-order valence-electron chi connectivity index (χ4n) is 3.06. The first-order valence-electron chi connectivity index (χ1n) is 8.21. The van der Waals surface area contributed by atoms with E-state index in [9.17, 15) is 4.79 Å². The summed E-state index contributed by atoms with van der Waals surface area (Å²) in [5, 5.41) is 15.4. The predicted octanol–water partition coefficient (Wildman–Crippen LogP) is 2.41. The Morgan fingerprint density at radius 3 is 3.00 bits per heavy atom. The Hall–Kier alpha value is -3.22. The van der Waals surface area contributed by atoms with Gasteiger partial charge in [-0.25, -0.2) is 4.52 Å². The lowest BCUT2D eigenvalue weighted by Crippen LogP contribution is -2.22. The fourth-order valence-corrected chi connectivity index (χ4v) is 3.06. The molecule has 7 nitrogen and oxygen atoms in total. The zero-order valence-electron chi connectivity index (χ0n) is 14.1. The van der Waals surface area contributed by atoms with Gasteiger partial charge in [-0.2, -0.15) is 0 Å². The van der Waals surface area contributed by atoms with Crippen LogP contribution < -0.4 is 5.32 Å². The van der Waals surface area contributed by atoms with Crippen LogP contribution in [0.3, 0.4) is 0 Å². The van der Waals surface area contributed by atoms with Crippen LogP contribution in [0.4, 0.5) is 0 Å². The maximum atomic E-state index is 12.4. The summed E-state index contributed by atoms with van der Waals surface area (Å²) in [5.41, 5.74) is 5.81. The fraction of sp³-hybridized carbons (Fsp3) is 0.222. The van der Waals surface area contributed by atoms with Gasteiger partial charge in [0.15, 0.2) is 5.65 Å². The van der Waals surface area contributed by atoms with Crippen molar-refractivity contribution in [2.75, 3.05) is 0 Å². The van der Waals surface area contributed by atoms with Crippen LogP contribution >= 0.6 is 0 Å². The molecule has 0 fully saturated rings. The molecule has 3 heterocycles. The van der Waals surface area contributed by atoms with Crippen LogP contribution in [0.25, 0.3) is 16.6 Å². The molecule has 4 aromatic rings. The molecular weight excluding hydrogens is 316 g/mol. The summed E-state index contributed by atoms with van der Waals surface area (Å²) in [6, 6.07) is 9.60. The molecule has 25 heavy (non-hydrogen) atoms. The van der Waals surface area contributed by atoms with Crippen molar-refractivity contribution in [2.24, 2.45) is 0 Å². The Morgan fingerprint density at radius 2 is 2.16 bits per heavy atom. The maximum absolute atomic E-state index is 12.4. The van der Waals surface area contributed by atoms with Crippen LogP contribution in [0.5, 0.6) is 0 Å². The standard InChI is InChI=1S/C18H18N6O/c1-3-15-11(2)14-8-12(4-5-16(14)20-15)10-19-18(25)13-6-7-24-17(9-13)21-22-23-24/h4-9,20H,3,10H2,1-2H3,(H,19,25). The zero-order valence-corrected chi connectivity index (χ0v) is 14.1. The van der Waals surface area contributed by atoms with Crippen molar-refractivity contribution < 1.29 is 4.79 Å². The molecule has 2 N–H and O–H groups in total. The number of benzene rings is 1. The van der Waals surface area contributed by atoms with E-state index in [1.54, 1.807) is 18.3 Å². The van der Waals surface area contributed by atoms with Gasteiger partial charge in [-0.3, -0.25) is 4.79 Å². The van der Waals surface area contributed by atoms with Gasteiger partial charge in [0.1, 0.15) is 0 Å². The minimum atomic E-state index is -0.148. The van der Waals surface area contributed by atoms with Crippen LogP contribution in [0, 0.1) is 6.92 Å². The second-order valence-corrected chi connectivity index (χ2v) is 6.04. The summed E-state index contributed by atoms with van der Waals surface area (Å²) in [6.45, 7) is 4.74. The molecule has 0 unspecified atom stereocenters. The number of pyridine rings is 1. The summed E-state index contributed by atoms with van der Waals surface area (Å²) < 4.78 is 1.52. The summed E-state index contributed by atoms with van der Waals surface area (Å²) in [6.07, 6.45) is 2.65. The number of H-pyrrole nitrogens is 1. The topological polar surface area (TPSA) is 88.0 Å². The van der Waals surface area contributed by atoms with Crippen molar-refractivity contribution in [3.63, 3.8) is 0 Å². The lowest BCUT2D eigenvalue weighted by molar-refractivity contribution is 0.0951. The highest BCUT2D eigenvalue weighted by molar-refractivity contribution is 5.95. The number of aromatic amines is 1. The molecule has 0 saturated carbocycles. The molecule has 0 aliphatic heterocycles. The van der Waals surface area contributed by atoms with Gasteiger partial charge in [0.2, 0.25) is 0 Å². The summed E-state index contributed by atoms with van der Waals surface area (Å²) in [7, 11) is 0. The predicted molar refractivity (Wildman–Crippen MR) is 94.4 cm³/mol.